The van der Waals surface area contributed by atoms with E-state index < -0.39 is 11.7 Å². The number of anilines is 1. The molecule has 0 saturated carbocycles. The molecule has 0 bridgehead atoms. The van der Waals surface area contributed by atoms with Crippen molar-refractivity contribution >= 4 is 22.4 Å². The van der Waals surface area contributed by atoms with Crippen LogP contribution in [-0.4, -0.2) is 23.0 Å². The van der Waals surface area contributed by atoms with Crippen molar-refractivity contribution in [3.63, 3.8) is 0 Å². The molecule has 6 nitrogen and oxygen atoms in total. The molecule has 1 aromatic carbocycles. The molecular weight excluding hydrogens is 333 g/mol. The van der Waals surface area contributed by atoms with Crippen molar-refractivity contribution in [3.8, 4) is 17.0 Å². The molecule has 24 heavy (non-hydrogen) atoms. The van der Waals surface area contributed by atoms with Crippen LogP contribution in [0.5, 0.6) is 5.75 Å². The molecule has 8 heteroatoms. The van der Waals surface area contributed by atoms with Crippen molar-refractivity contribution in [3.05, 3.63) is 46.7 Å². The molecule has 0 aliphatic rings. The summed E-state index contributed by atoms with van der Waals surface area (Å²) in [6.45, 7) is 3.36. The second-order valence-electron chi connectivity index (χ2n) is 4.98. The summed E-state index contributed by atoms with van der Waals surface area (Å²) >= 11 is 1.22. The first-order valence-electron chi connectivity index (χ1n) is 7.02. The van der Waals surface area contributed by atoms with Crippen LogP contribution in [-0.2, 0) is 0 Å². The zero-order chi connectivity index (χ0) is 17.3. The molecule has 0 radical (unpaired) electrons. The number of aromatic nitrogens is 2. The summed E-state index contributed by atoms with van der Waals surface area (Å²) in [6.07, 6.45) is 0. The fourth-order valence-electron chi connectivity index (χ4n) is 2.23. The Morgan fingerprint density at radius 2 is 2.12 bits per heavy atom. The number of carbonyl (C=O) groups excluding carboxylic acids is 1. The van der Waals surface area contributed by atoms with Gasteiger partial charge < -0.3 is 9.15 Å². The van der Waals surface area contributed by atoms with E-state index in [1.165, 1.54) is 36.6 Å². The minimum atomic E-state index is -0.430. The summed E-state index contributed by atoms with van der Waals surface area (Å²) in [5, 5.41) is 4.74. The van der Waals surface area contributed by atoms with E-state index in [-0.39, 0.29) is 5.76 Å². The van der Waals surface area contributed by atoms with Crippen LogP contribution in [0.3, 0.4) is 0 Å². The number of carbonyl (C=O) groups is 1. The predicted molar refractivity (Wildman–Crippen MR) is 88.0 cm³/mol. The lowest BCUT2D eigenvalue weighted by molar-refractivity contribution is 0.0994. The first-order chi connectivity index (χ1) is 11.5. The molecule has 1 N–H and O–H groups in total. The van der Waals surface area contributed by atoms with Gasteiger partial charge in [-0.05, 0) is 25.1 Å². The van der Waals surface area contributed by atoms with Crippen LogP contribution in [0.2, 0.25) is 0 Å². The van der Waals surface area contributed by atoms with Crippen molar-refractivity contribution < 1.29 is 18.3 Å². The number of halogens is 1. The van der Waals surface area contributed by atoms with E-state index in [1.807, 2.05) is 0 Å². The Balaban J connectivity index is 1.85. The Bertz CT molecular complexity index is 904. The molecule has 0 fully saturated rings. The maximum atomic E-state index is 13.5. The van der Waals surface area contributed by atoms with Crippen LogP contribution in [0.1, 0.15) is 22.1 Å². The topological polar surface area (TPSA) is 77.2 Å². The number of hydrogen-bond acceptors (Lipinski definition) is 6. The van der Waals surface area contributed by atoms with Gasteiger partial charge in [-0.15, -0.1) is 11.3 Å². The summed E-state index contributed by atoms with van der Waals surface area (Å²) in [7, 11) is 1.50. The molecule has 2 heterocycles. The van der Waals surface area contributed by atoms with Gasteiger partial charge in [0.05, 0.1) is 18.5 Å². The fraction of sp³-hybridized carbons (Fsp3) is 0.188. The zero-order valence-electron chi connectivity index (χ0n) is 13.2. The highest BCUT2D eigenvalue weighted by molar-refractivity contribution is 7.14. The van der Waals surface area contributed by atoms with Crippen LogP contribution < -0.4 is 10.1 Å². The van der Waals surface area contributed by atoms with Crippen LogP contribution in [0.15, 0.2) is 28.0 Å². The van der Waals surface area contributed by atoms with Gasteiger partial charge in [0, 0.05) is 17.9 Å². The summed E-state index contributed by atoms with van der Waals surface area (Å²) < 4.78 is 24.0. The maximum absolute atomic E-state index is 13.5. The average molecular weight is 347 g/mol. The van der Waals surface area contributed by atoms with Crippen molar-refractivity contribution in [2.75, 3.05) is 12.4 Å². The second kappa shape index (κ2) is 6.40. The Labute approximate surface area is 141 Å². The summed E-state index contributed by atoms with van der Waals surface area (Å²) in [5.41, 5.74) is 1.53. The molecule has 3 rings (SSSR count). The minimum Gasteiger partial charge on any atom is -0.496 e. The number of benzene rings is 1. The standard InChI is InChI=1S/C16H14FN3O3S/c1-8-14(23-9(2)18-8)15(21)20-16-19-12(7-24-16)11-6-10(17)4-5-13(11)22-3/h4-7H,1-3H3,(H,19,20,21). The monoisotopic (exact) mass is 347 g/mol. The third kappa shape index (κ3) is 3.13. The number of hydrogen-bond donors (Lipinski definition) is 1. The Morgan fingerprint density at radius 1 is 1.33 bits per heavy atom. The van der Waals surface area contributed by atoms with Crippen LogP contribution in [0.25, 0.3) is 11.3 Å². The third-order valence-corrected chi connectivity index (χ3v) is 4.03. The number of amides is 1. The van der Waals surface area contributed by atoms with Gasteiger partial charge in [0.25, 0.3) is 5.91 Å². The van der Waals surface area contributed by atoms with Crippen molar-refractivity contribution in [1.29, 1.82) is 0 Å². The lowest BCUT2D eigenvalue weighted by atomic mass is 10.1. The van der Waals surface area contributed by atoms with Crippen LogP contribution in [0.4, 0.5) is 9.52 Å². The number of methoxy groups -OCH3 is 1. The van der Waals surface area contributed by atoms with Gasteiger partial charge in [-0.3, -0.25) is 10.1 Å². The van der Waals surface area contributed by atoms with E-state index in [0.717, 1.165) is 0 Å². The SMILES string of the molecule is COc1ccc(F)cc1-c1csc(NC(=O)c2oc(C)nc2C)n1. The van der Waals surface area contributed by atoms with E-state index in [0.29, 0.717) is 33.7 Å². The van der Waals surface area contributed by atoms with E-state index in [4.69, 9.17) is 9.15 Å². The normalized spacial score (nSPS) is 10.7. The largest absolute Gasteiger partial charge is 0.496 e. The highest BCUT2D eigenvalue weighted by atomic mass is 32.1. The Morgan fingerprint density at radius 3 is 2.79 bits per heavy atom. The van der Waals surface area contributed by atoms with Gasteiger partial charge >= 0.3 is 0 Å². The van der Waals surface area contributed by atoms with E-state index in [9.17, 15) is 9.18 Å². The molecule has 0 aliphatic carbocycles. The molecule has 2 aromatic heterocycles. The lowest BCUT2D eigenvalue weighted by Gasteiger charge is -2.05. The number of rotatable bonds is 4. The smallest absolute Gasteiger partial charge is 0.295 e. The quantitative estimate of drug-likeness (QED) is 0.776. The molecule has 0 aliphatic heterocycles. The lowest BCUT2D eigenvalue weighted by Crippen LogP contribution is -2.12. The first-order valence-corrected chi connectivity index (χ1v) is 7.90. The molecule has 1 amide bonds. The number of nitrogens with zero attached hydrogens (tertiary/aromatic N) is 2. The molecule has 0 atom stereocenters. The van der Waals surface area contributed by atoms with Crippen molar-refractivity contribution in [1.82, 2.24) is 9.97 Å². The minimum absolute atomic E-state index is 0.146. The van der Waals surface area contributed by atoms with Gasteiger partial charge in [0.1, 0.15) is 11.6 Å². The van der Waals surface area contributed by atoms with Crippen LogP contribution in [0, 0.1) is 19.7 Å². The number of nitrogens with one attached hydrogen (secondary N) is 1. The number of ether oxygens (including phenoxy) is 1. The highest BCUT2D eigenvalue weighted by Gasteiger charge is 2.18. The molecule has 0 spiro atoms. The predicted octanol–water partition coefficient (Wildman–Crippen LogP) is 3.81. The Hall–Kier alpha value is -2.74. The maximum Gasteiger partial charge on any atom is 0.295 e. The van der Waals surface area contributed by atoms with E-state index in [1.54, 1.807) is 19.2 Å². The molecule has 0 unspecified atom stereocenters. The first kappa shape index (κ1) is 16.1. The molecule has 0 saturated heterocycles. The fourth-order valence-corrected chi connectivity index (χ4v) is 2.94. The summed E-state index contributed by atoms with van der Waals surface area (Å²) in [5.74, 6) is 0.244. The third-order valence-electron chi connectivity index (χ3n) is 3.27. The molecular formula is C16H14FN3O3S. The highest BCUT2D eigenvalue weighted by Crippen LogP contribution is 2.33. The number of oxazole rings is 1. The number of aryl methyl sites for hydroxylation is 2. The van der Waals surface area contributed by atoms with E-state index in [2.05, 4.69) is 15.3 Å². The summed E-state index contributed by atoms with van der Waals surface area (Å²) in [6, 6.07) is 4.18. The van der Waals surface area contributed by atoms with Crippen molar-refractivity contribution in [2.24, 2.45) is 0 Å². The van der Waals surface area contributed by atoms with Crippen molar-refractivity contribution in [2.45, 2.75) is 13.8 Å². The van der Waals surface area contributed by atoms with Gasteiger partial charge in [0.2, 0.25) is 5.76 Å². The number of thiazole rings is 1. The Kier molecular flexibility index (Phi) is 4.30. The average Bonchev–Trinajstić information content (AvgIpc) is 3.13. The second-order valence-corrected chi connectivity index (χ2v) is 5.84. The van der Waals surface area contributed by atoms with Gasteiger partial charge in [-0.25, -0.2) is 14.4 Å². The molecule has 3 aromatic rings. The van der Waals surface area contributed by atoms with Crippen LogP contribution >= 0.6 is 11.3 Å². The zero-order valence-corrected chi connectivity index (χ0v) is 14.0. The summed E-state index contributed by atoms with van der Waals surface area (Å²) in [4.78, 5) is 20.6. The van der Waals surface area contributed by atoms with Gasteiger partial charge in [0.15, 0.2) is 11.0 Å². The van der Waals surface area contributed by atoms with Gasteiger partial charge in [-0.1, -0.05) is 0 Å². The van der Waals surface area contributed by atoms with Gasteiger partial charge in [-0.2, -0.15) is 0 Å². The van der Waals surface area contributed by atoms with E-state index >= 15 is 0 Å². The molecule has 124 valence electrons.